The molecule has 1 atom stereocenters. The van der Waals surface area contributed by atoms with Gasteiger partial charge in [0.15, 0.2) is 0 Å². The second kappa shape index (κ2) is 10.6. The Labute approximate surface area is 110 Å². The van der Waals surface area contributed by atoms with Crippen molar-refractivity contribution in [3.05, 3.63) is 12.7 Å². The molecule has 18 heavy (non-hydrogen) atoms. The highest BCUT2D eigenvalue weighted by Crippen LogP contribution is 2.05. The molecule has 2 amide bonds. The number of allylic oxidation sites excluding steroid dienone is 1. The monoisotopic (exact) mass is 258 g/mol. The zero-order valence-corrected chi connectivity index (χ0v) is 12.3. The van der Waals surface area contributed by atoms with E-state index in [1.807, 2.05) is 27.7 Å². The van der Waals surface area contributed by atoms with E-state index in [4.69, 9.17) is 0 Å². The largest absolute Gasteiger partial charge is 0.453 e. The Morgan fingerprint density at radius 2 is 1.89 bits per heavy atom. The lowest BCUT2D eigenvalue weighted by atomic mass is 10.0. The van der Waals surface area contributed by atoms with E-state index in [1.165, 1.54) is 7.11 Å². The highest BCUT2D eigenvalue weighted by atomic mass is 16.5. The molecule has 0 spiro atoms. The number of methoxy groups -OCH3 is 1. The lowest BCUT2D eigenvalue weighted by Crippen LogP contribution is -2.50. The Morgan fingerprint density at radius 3 is 2.17 bits per heavy atom. The SMILES string of the molecule is C=CC.CCN(C)C(=O)C(NC(=O)OC)C(C)C. The van der Waals surface area contributed by atoms with Crippen molar-refractivity contribution in [2.45, 2.75) is 33.7 Å². The number of carbonyl (C=O) groups excluding carboxylic acids is 2. The summed E-state index contributed by atoms with van der Waals surface area (Å²) < 4.78 is 4.47. The first kappa shape index (κ1) is 18.8. The molecule has 0 rings (SSSR count). The molecule has 0 aliphatic rings. The van der Waals surface area contributed by atoms with Gasteiger partial charge in [-0.05, 0) is 19.8 Å². The molecule has 0 heterocycles. The summed E-state index contributed by atoms with van der Waals surface area (Å²) in [4.78, 5) is 24.4. The van der Waals surface area contributed by atoms with Gasteiger partial charge in [0.25, 0.3) is 0 Å². The van der Waals surface area contributed by atoms with Gasteiger partial charge in [0, 0.05) is 13.6 Å². The number of nitrogens with zero attached hydrogens (tertiary/aromatic N) is 1. The molecule has 0 aromatic carbocycles. The lowest BCUT2D eigenvalue weighted by Gasteiger charge is -2.25. The number of rotatable bonds is 4. The summed E-state index contributed by atoms with van der Waals surface area (Å²) >= 11 is 0. The van der Waals surface area contributed by atoms with Crippen LogP contribution in [0.3, 0.4) is 0 Å². The maximum Gasteiger partial charge on any atom is 0.407 e. The van der Waals surface area contributed by atoms with Crippen molar-refractivity contribution < 1.29 is 14.3 Å². The van der Waals surface area contributed by atoms with Gasteiger partial charge >= 0.3 is 6.09 Å². The van der Waals surface area contributed by atoms with Crippen LogP contribution < -0.4 is 5.32 Å². The topological polar surface area (TPSA) is 58.6 Å². The molecule has 1 unspecified atom stereocenters. The van der Waals surface area contributed by atoms with Gasteiger partial charge < -0.3 is 15.0 Å². The van der Waals surface area contributed by atoms with E-state index in [1.54, 1.807) is 18.0 Å². The molecule has 5 heteroatoms. The van der Waals surface area contributed by atoms with Crippen molar-refractivity contribution in [1.82, 2.24) is 10.2 Å². The molecule has 106 valence electrons. The van der Waals surface area contributed by atoms with Gasteiger partial charge in [0.1, 0.15) is 6.04 Å². The third-order valence-electron chi connectivity index (χ3n) is 2.24. The second-order valence-corrected chi connectivity index (χ2v) is 4.12. The average Bonchev–Trinajstić information content (AvgIpc) is 2.34. The molecular formula is C13H26N2O3. The predicted molar refractivity (Wildman–Crippen MR) is 73.3 cm³/mol. The van der Waals surface area contributed by atoms with E-state index < -0.39 is 12.1 Å². The minimum absolute atomic E-state index is 0.0330. The number of likely N-dealkylation sites (N-methyl/N-ethyl adjacent to an activating group) is 1. The summed E-state index contributed by atoms with van der Waals surface area (Å²) in [6.45, 7) is 11.5. The quantitative estimate of drug-likeness (QED) is 0.785. The van der Waals surface area contributed by atoms with Gasteiger partial charge in [0.2, 0.25) is 5.91 Å². The minimum atomic E-state index is -0.577. The first-order valence-corrected chi connectivity index (χ1v) is 6.02. The number of amides is 2. The molecule has 0 aromatic rings. The van der Waals surface area contributed by atoms with Crippen LogP contribution in [-0.2, 0) is 9.53 Å². The maximum atomic E-state index is 11.8. The summed E-state index contributed by atoms with van der Waals surface area (Å²) in [5, 5.41) is 2.53. The van der Waals surface area contributed by atoms with E-state index in [2.05, 4.69) is 16.6 Å². The van der Waals surface area contributed by atoms with E-state index in [9.17, 15) is 9.59 Å². The minimum Gasteiger partial charge on any atom is -0.453 e. The fraction of sp³-hybridized carbons (Fsp3) is 0.692. The number of alkyl carbamates (subject to hydrolysis) is 1. The van der Waals surface area contributed by atoms with Crippen LogP contribution in [0.25, 0.3) is 0 Å². The van der Waals surface area contributed by atoms with E-state index >= 15 is 0 Å². The Kier molecular flexibility index (Phi) is 11.1. The van der Waals surface area contributed by atoms with Gasteiger partial charge in [-0.3, -0.25) is 4.79 Å². The summed E-state index contributed by atoms with van der Waals surface area (Å²) in [6.07, 6.45) is 1.17. The second-order valence-electron chi connectivity index (χ2n) is 4.12. The standard InChI is InChI=1S/C10H20N2O3.C3H6/c1-6-12(4)9(13)8(7(2)3)11-10(14)15-5;1-3-2/h7-8H,6H2,1-5H3,(H,11,14);3H,1H2,2H3. The highest BCUT2D eigenvalue weighted by Gasteiger charge is 2.26. The van der Waals surface area contributed by atoms with E-state index in [0.717, 1.165) is 0 Å². The number of hydrogen-bond donors (Lipinski definition) is 1. The molecule has 0 fully saturated rings. The third-order valence-corrected chi connectivity index (χ3v) is 2.24. The Balaban J connectivity index is 0. The van der Waals surface area contributed by atoms with Gasteiger partial charge in [-0.2, -0.15) is 0 Å². The zero-order valence-electron chi connectivity index (χ0n) is 12.3. The fourth-order valence-corrected chi connectivity index (χ4v) is 1.09. The van der Waals surface area contributed by atoms with Crippen molar-refractivity contribution in [1.29, 1.82) is 0 Å². The molecular weight excluding hydrogens is 232 g/mol. The Hall–Kier alpha value is -1.52. The van der Waals surface area contributed by atoms with Crippen LogP contribution in [0, 0.1) is 5.92 Å². The van der Waals surface area contributed by atoms with Gasteiger partial charge in [-0.15, -0.1) is 6.58 Å². The van der Waals surface area contributed by atoms with Crippen LogP contribution in [0.5, 0.6) is 0 Å². The molecule has 0 radical (unpaired) electrons. The van der Waals surface area contributed by atoms with E-state index in [-0.39, 0.29) is 11.8 Å². The summed E-state index contributed by atoms with van der Waals surface area (Å²) in [6, 6.07) is -0.526. The van der Waals surface area contributed by atoms with Crippen LogP contribution in [-0.4, -0.2) is 43.6 Å². The normalized spacial score (nSPS) is 10.8. The smallest absolute Gasteiger partial charge is 0.407 e. The maximum absolute atomic E-state index is 11.8. The molecule has 0 aromatic heterocycles. The average molecular weight is 258 g/mol. The molecule has 0 saturated carbocycles. The molecule has 1 N–H and O–H groups in total. The first-order valence-electron chi connectivity index (χ1n) is 6.02. The molecule has 5 nitrogen and oxygen atoms in total. The lowest BCUT2D eigenvalue weighted by molar-refractivity contribution is -0.132. The molecule has 0 bridgehead atoms. The van der Waals surface area contributed by atoms with Crippen LogP contribution in [0.1, 0.15) is 27.7 Å². The van der Waals surface area contributed by atoms with E-state index in [0.29, 0.717) is 6.54 Å². The van der Waals surface area contributed by atoms with Gasteiger partial charge in [-0.25, -0.2) is 4.79 Å². The number of ether oxygens (including phenoxy) is 1. The number of nitrogens with one attached hydrogen (secondary N) is 1. The zero-order chi connectivity index (χ0) is 14.7. The van der Waals surface area contributed by atoms with Crippen molar-refractivity contribution in [3.8, 4) is 0 Å². The van der Waals surface area contributed by atoms with Crippen molar-refractivity contribution in [2.24, 2.45) is 5.92 Å². The van der Waals surface area contributed by atoms with Crippen LogP contribution >= 0.6 is 0 Å². The first-order chi connectivity index (χ1) is 8.35. The number of carbonyl (C=O) groups is 2. The number of hydrogen-bond acceptors (Lipinski definition) is 3. The van der Waals surface area contributed by atoms with Gasteiger partial charge in [-0.1, -0.05) is 19.9 Å². The van der Waals surface area contributed by atoms with Crippen LogP contribution in [0.2, 0.25) is 0 Å². The van der Waals surface area contributed by atoms with Crippen molar-refractivity contribution >= 4 is 12.0 Å². The third kappa shape index (κ3) is 7.70. The predicted octanol–water partition coefficient (Wildman–Crippen LogP) is 2.04. The Morgan fingerprint density at radius 1 is 1.44 bits per heavy atom. The molecule has 0 aliphatic carbocycles. The highest BCUT2D eigenvalue weighted by molar-refractivity contribution is 5.85. The van der Waals surface area contributed by atoms with Crippen LogP contribution in [0.15, 0.2) is 12.7 Å². The Bertz CT molecular complexity index is 265. The fourth-order valence-electron chi connectivity index (χ4n) is 1.09. The van der Waals surface area contributed by atoms with Crippen LogP contribution in [0.4, 0.5) is 4.79 Å². The summed E-state index contributed by atoms with van der Waals surface area (Å²) in [5.41, 5.74) is 0. The summed E-state index contributed by atoms with van der Waals surface area (Å²) in [5.74, 6) is -0.0662. The summed E-state index contributed by atoms with van der Waals surface area (Å²) in [7, 11) is 2.98. The molecule has 0 saturated heterocycles. The van der Waals surface area contributed by atoms with Crippen molar-refractivity contribution in [2.75, 3.05) is 20.7 Å². The van der Waals surface area contributed by atoms with Crippen molar-refractivity contribution in [3.63, 3.8) is 0 Å². The van der Waals surface area contributed by atoms with Gasteiger partial charge in [0.05, 0.1) is 7.11 Å². The molecule has 0 aliphatic heterocycles.